The molecule has 1 N–H and O–H groups in total. The Bertz CT molecular complexity index is 869. The van der Waals surface area contributed by atoms with Gasteiger partial charge in [0.25, 0.3) is 11.5 Å². The van der Waals surface area contributed by atoms with E-state index in [0.717, 1.165) is 50.3 Å². The van der Waals surface area contributed by atoms with E-state index in [9.17, 15) is 9.59 Å². The van der Waals surface area contributed by atoms with E-state index in [-0.39, 0.29) is 23.1 Å². The van der Waals surface area contributed by atoms with Gasteiger partial charge in [-0.25, -0.2) is 4.98 Å². The fourth-order valence-electron chi connectivity index (χ4n) is 4.11. The number of nitrogens with one attached hydrogen (secondary N) is 1. The number of carbonyl (C=O) groups is 1. The van der Waals surface area contributed by atoms with Crippen molar-refractivity contribution in [3.8, 4) is 0 Å². The molecule has 146 valence electrons. The van der Waals surface area contributed by atoms with Crippen molar-refractivity contribution in [1.82, 2.24) is 19.9 Å². The predicted octanol–water partition coefficient (Wildman–Crippen LogP) is 2.84. The van der Waals surface area contributed by atoms with Crippen molar-refractivity contribution in [2.24, 2.45) is 5.92 Å². The summed E-state index contributed by atoms with van der Waals surface area (Å²) in [7, 11) is 0. The van der Waals surface area contributed by atoms with Crippen molar-refractivity contribution in [3.05, 3.63) is 22.1 Å². The molecule has 3 heterocycles. The van der Waals surface area contributed by atoms with E-state index in [1.807, 2.05) is 0 Å². The van der Waals surface area contributed by atoms with Crippen LogP contribution in [0.25, 0.3) is 4.96 Å². The second-order valence-corrected chi connectivity index (χ2v) is 8.85. The zero-order valence-electron chi connectivity index (χ0n) is 15.8. The molecule has 7 nitrogen and oxygen atoms in total. The molecule has 8 heteroatoms. The first-order chi connectivity index (χ1) is 13.1. The third-order valence-corrected chi connectivity index (χ3v) is 6.62. The number of nitrogens with zero attached hydrogens (tertiary/aromatic N) is 4. The Balaban J connectivity index is 1.56. The quantitative estimate of drug-likeness (QED) is 0.817. The van der Waals surface area contributed by atoms with Gasteiger partial charge in [-0.2, -0.15) is 4.52 Å². The molecule has 1 atom stereocenters. The average molecular weight is 390 g/mol. The van der Waals surface area contributed by atoms with Crippen LogP contribution < -0.4 is 15.8 Å². The van der Waals surface area contributed by atoms with Crippen molar-refractivity contribution in [3.63, 3.8) is 0 Å². The summed E-state index contributed by atoms with van der Waals surface area (Å²) in [4.78, 5) is 32.6. The lowest BCUT2D eigenvalue weighted by Crippen LogP contribution is -2.38. The summed E-state index contributed by atoms with van der Waals surface area (Å²) >= 11 is 1.41. The van der Waals surface area contributed by atoms with Gasteiger partial charge in [-0.1, -0.05) is 43.9 Å². The third-order valence-electron chi connectivity index (χ3n) is 5.64. The van der Waals surface area contributed by atoms with Gasteiger partial charge in [-0.3, -0.25) is 9.59 Å². The molecule has 2 aromatic heterocycles. The molecule has 1 aliphatic carbocycles. The highest BCUT2D eigenvalue weighted by Crippen LogP contribution is 2.26. The van der Waals surface area contributed by atoms with Crippen molar-refractivity contribution in [2.75, 3.05) is 18.0 Å². The maximum atomic E-state index is 12.8. The predicted molar refractivity (Wildman–Crippen MR) is 107 cm³/mol. The smallest absolute Gasteiger partial charge is 0.288 e. The molecule has 1 saturated carbocycles. The number of amides is 1. The van der Waals surface area contributed by atoms with Crippen LogP contribution in [0.4, 0.5) is 5.13 Å². The van der Waals surface area contributed by atoms with E-state index in [2.05, 4.69) is 27.2 Å². The SMILES string of the molecule is C[C@@H]1CCCN(c2nn3c(=O)c(C(=O)NC4CCCCCC4)cnc3s2)C1. The van der Waals surface area contributed by atoms with Crippen molar-refractivity contribution in [2.45, 2.75) is 64.3 Å². The Morgan fingerprint density at radius 1 is 1.19 bits per heavy atom. The lowest BCUT2D eigenvalue weighted by Gasteiger charge is -2.30. The summed E-state index contributed by atoms with van der Waals surface area (Å²) in [5.41, 5.74) is -0.292. The van der Waals surface area contributed by atoms with Crippen LogP contribution in [0, 0.1) is 5.92 Å². The first-order valence-corrected chi connectivity index (χ1v) is 10.9. The van der Waals surface area contributed by atoms with Gasteiger partial charge in [0.15, 0.2) is 0 Å². The largest absolute Gasteiger partial charge is 0.349 e. The Morgan fingerprint density at radius 2 is 1.96 bits per heavy atom. The first-order valence-electron chi connectivity index (χ1n) is 10.1. The molecular weight excluding hydrogens is 362 g/mol. The molecule has 0 aromatic carbocycles. The van der Waals surface area contributed by atoms with Crippen molar-refractivity contribution < 1.29 is 4.79 Å². The number of hydrogen-bond acceptors (Lipinski definition) is 6. The monoisotopic (exact) mass is 389 g/mol. The molecule has 0 unspecified atom stereocenters. The van der Waals surface area contributed by atoms with Crippen LogP contribution in [0.2, 0.25) is 0 Å². The average Bonchev–Trinajstić information content (AvgIpc) is 2.94. The minimum absolute atomic E-state index is 0.0839. The molecule has 1 amide bonds. The van der Waals surface area contributed by atoms with Crippen molar-refractivity contribution in [1.29, 1.82) is 0 Å². The number of aromatic nitrogens is 3. The number of anilines is 1. The molecule has 27 heavy (non-hydrogen) atoms. The molecule has 0 bridgehead atoms. The van der Waals surface area contributed by atoms with Gasteiger partial charge in [0.05, 0.1) is 0 Å². The Labute approximate surface area is 162 Å². The maximum absolute atomic E-state index is 12.8. The zero-order chi connectivity index (χ0) is 18.8. The molecule has 2 aromatic rings. The molecule has 0 spiro atoms. The van der Waals surface area contributed by atoms with E-state index in [0.29, 0.717) is 10.9 Å². The summed E-state index contributed by atoms with van der Waals surface area (Å²) in [5, 5.41) is 8.32. The molecule has 2 aliphatic rings. The van der Waals surface area contributed by atoms with E-state index in [1.165, 1.54) is 41.3 Å². The standard InChI is InChI=1S/C19H27N5O2S/c1-13-7-6-10-23(12-13)19-22-24-17(26)15(11-20-18(24)27-19)16(25)21-14-8-4-2-3-5-9-14/h11,13-14H,2-10,12H2,1H3,(H,21,25)/t13-/m1/s1. The van der Waals surface area contributed by atoms with Crippen LogP contribution in [0.3, 0.4) is 0 Å². The zero-order valence-corrected chi connectivity index (χ0v) is 16.6. The molecule has 1 aliphatic heterocycles. The molecule has 2 fully saturated rings. The van der Waals surface area contributed by atoms with Gasteiger partial charge in [-0.15, -0.1) is 5.10 Å². The minimum atomic E-state index is -0.376. The van der Waals surface area contributed by atoms with Gasteiger partial charge >= 0.3 is 0 Å². The van der Waals surface area contributed by atoms with E-state index in [4.69, 9.17) is 0 Å². The van der Waals surface area contributed by atoms with Gasteiger partial charge < -0.3 is 10.2 Å². The Hall–Kier alpha value is -1.96. The Morgan fingerprint density at radius 3 is 2.70 bits per heavy atom. The topological polar surface area (TPSA) is 79.6 Å². The summed E-state index contributed by atoms with van der Waals surface area (Å²) < 4.78 is 1.29. The number of piperidine rings is 1. The summed E-state index contributed by atoms with van der Waals surface area (Å²) in [6.07, 6.45) is 10.4. The molecule has 4 rings (SSSR count). The summed E-state index contributed by atoms with van der Waals surface area (Å²) in [6.45, 7) is 4.14. The van der Waals surface area contributed by atoms with Gasteiger partial charge in [-0.05, 0) is 31.6 Å². The van der Waals surface area contributed by atoms with E-state index in [1.54, 1.807) is 0 Å². The highest BCUT2D eigenvalue weighted by Gasteiger charge is 2.23. The van der Waals surface area contributed by atoms with Crippen LogP contribution >= 0.6 is 11.3 Å². The summed E-state index contributed by atoms with van der Waals surface area (Å²) in [5.74, 6) is 0.298. The lowest BCUT2D eigenvalue weighted by atomic mass is 10.0. The lowest BCUT2D eigenvalue weighted by molar-refractivity contribution is 0.0931. The van der Waals surface area contributed by atoms with Crippen LogP contribution in [0.1, 0.15) is 68.6 Å². The number of fused-ring (bicyclic) bond motifs is 1. The van der Waals surface area contributed by atoms with Crippen LogP contribution in [-0.2, 0) is 0 Å². The fraction of sp³-hybridized carbons (Fsp3) is 0.684. The number of rotatable bonds is 3. The Kier molecular flexibility index (Phi) is 5.43. The third kappa shape index (κ3) is 4.00. The fourth-order valence-corrected chi connectivity index (χ4v) is 5.01. The van der Waals surface area contributed by atoms with Crippen LogP contribution in [0.5, 0.6) is 0 Å². The van der Waals surface area contributed by atoms with Crippen molar-refractivity contribution >= 4 is 27.3 Å². The van der Waals surface area contributed by atoms with Gasteiger partial charge in [0.2, 0.25) is 10.1 Å². The number of hydrogen-bond donors (Lipinski definition) is 1. The van der Waals surface area contributed by atoms with Crippen LogP contribution in [-0.4, -0.2) is 39.6 Å². The second kappa shape index (κ2) is 7.96. The highest BCUT2D eigenvalue weighted by atomic mass is 32.1. The van der Waals surface area contributed by atoms with Crippen LogP contribution in [0.15, 0.2) is 11.0 Å². The molecule has 1 saturated heterocycles. The van der Waals surface area contributed by atoms with E-state index >= 15 is 0 Å². The second-order valence-electron chi connectivity index (χ2n) is 7.91. The first kappa shape index (κ1) is 18.4. The highest BCUT2D eigenvalue weighted by molar-refractivity contribution is 7.20. The van der Waals surface area contributed by atoms with E-state index < -0.39 is 0 Å². The summed E-state index contributed by atoms with van der Waals surface area (Å²) in [6, 6.07) is 0.154. The molecule has 0 radical (unpaired) electrons. The van der Waals surface area contributed by atoms with Gasteiger partial charge in [0.1, 0.15) is 5.56 Å². The molecular formula is C19H27N5O2S. The maximum Gasteiger partial charge on any atom is 0.288 e. The normalized spacial score (nSPS) is 22.0. The van der Waals surface area contributed by atoms with Gasteiger partial charge in [0, 0.05) is 25.3 Å². The minimum Gasteiger partial charge on any atom is -0.349 e. The number of carbonyl (C=O) groups excluding carboxylic acids is 1.